The number of nitro benzene ring substituents is 1. The van der Waals surface area contributed by atoms with Gasteiger partial charge in [0.2, 0.25) is 0 Å². The van der Waals surface area contributed by atoms with Gasteiger partial charge in [-0.25, -0.2) is 0 Å². The van der Waals surface area contributed by atoms with Crippen molar-refractivity contribution < 1.29 is 9.72 Å². The third kappa shape index (κ3) is 3.57. The molecule has 8 nitrogen and oxygen atoms in total. The number of aromatic amines is 1. The number of halogens is 1. The van der Waals surface area contributed by atoms with Crippen molar-refractivity contribution in [2.24, 2.45) is 0 Å². The maximum absolute atomic E-state index is 13.1. The van der Waals surface area contributed by atoms with E-state index in [0.29, 0.717) is 28.8 Å². The van der Waals surface area contributed by atoms with Crippen molar-refractivity contribution in [2.75, 3.05) is 18.4 Å². The minimum Gasteiger partial charge on any atom is -0.374 e. The summed E-state index contributed by atoms with van der Waals surface area (Å²) in [6.07, 6.45) is 6.69. The lowest BCUT2D eigenvalue weighted by atomic mass is 10.0. The predicted molar refractivity (Wildman–Crippen MR) is 108 cm³/mol. The first-order chi connectivity index (χ1) is 13.5. The van der Waals surface area contributed by atoms with Gasteiger partial charge in [0.15, 0.2) is 0 Å². The SMILES string of the molecule is O=C(c1cncc2[nH]ccc12)N1CCC[C@@H](Nc2[c]cc(Br)cc2[N+](=O)[O-])C1. The van der Waals surface area contributed by atoms with E-state index in [0.717, 1.165) is 23.7 Å². The second kappa shape index (κ2) is 7.59. The van der Waals surface area contributed by atoms with Crippen molar-refractivity contribution in [2.45, 2.75) is 18.9 Å². The maximum atomic E-state index is 13.1. The zero-order valence-electron chi connectivity index (χ0n) is 14.8. The highest BCUT2D eigenvalue weighted by Gasteiger charge is 2.27. The van der Waals surface area contributed by atoms with Gasteiger partial charge in [0.1, 0.15) is 5.69 Å². The molecular weight excluding hydrogens is 426 g/mol. The van der Waals surface area contributed by atoms with Gasteiger partial charge < -0.3 is 15.2 Å². The van der Waals surface area contributed by atoms with E-state index >= 15 is 0 Å². The van der Waals surface area contributed by atoms with Crippen molar-refractivity contribution >= 4 is 44.1 Å². The molecular formula is C19H17BrN5O3. The smallest absolute Gasteiger partial charge is 0.294 e. The number of carbonyl (C=O) groups excluding carboxylic acids is 1. The van der Waals surface area contributed by atoms with Gasteiger partial charge in [-0.15, -0.1) is 0 Å². The minimum atomic E-state index is -0.437. The average molecular weight is 443 g/mol. The highest BCUT2D eigenvalue weighted by atomic mass is 79.9. The number of hydrogen-bond donors (Lipinski definition) is 2. The number of nitrogens with one attached hydrogen (secondary N) is 2. The number of H-pyrrole nitrogens is 1. The number of piperidine rings is 1. The van der Waals surface area contributed by atoms with Crippen molar-refractivity contribution in [1.29, 1.82) is 0 Å². The number of rotatable bonds is 4. The number of pyridine rings is 1. The summed E-state index contributed by atoms with van der Waals surface area (Å²) in [6.45, 7) is 1.10. The summed E-state index contributed by atoms with van der Waals surface area (Å²) in [5.74, 6) is -0.0847. The Bertz CT molecular complexity index is 1050. The number of carbonyl (C=O) groups is 1. The number of nitrogens with zero attached hydrogens (tertiary/aromatic N) is 3. The molecule has 0 spiro atoms. The van der Waals surface area contributed by atoms with Crippen LogP contribution in [0, 0.1) is 16.2 Å². The highest BCUT2D eigenvalue weighted by Crippen LogP contribution is 2.29. The van der Waals surface area contributed by atoms with E-state index < -0.39 is 4.92 Å². The molecule has 143 valence electrons. The predicted octanol–water partition coefficient (Wildman–Crippen LogP) is 3.75. The van der Waals surface area contributed by atoms with E-state index in [1.165, 1.54) is 6.07 Å². The first-order valence-corrected chi connectivity index (χ1v) is 9.65. The van der Waals surface area contributed by atoms with Crippen molar-refractivity contribution in [3.05, 3.63) is 63.0 Å². The molecule has 1 atom stereocenters. The Morgan fingerprint density at radius 2 is 2.32 bits per heavy atom. The normalized spacial score (nSPS) is 16.9. The van der Waals surface area contributed by atoms with Gasteiger partial charge >= 0.3 is 0 Å². The zero-order chi connectivity index (χ0) is 19.7. The third-order valence-electron chi connectivity index (χ3n) is 4.85. The molecule has 1 aromatic carbocycles. The number of likely N-dealkylation sites (tertiary alicyclic amines) is 1. The van der Waals surface area contributed by atoms with Gasteiger partial charge in [-0.1, -0.05) is 15.9 Å². The summed E-state index contributed by atoms with van der Waals surface area (Å²) in [5.41, 5.74) is 1.67. The van der Waals surface area contributed by atoms with Gasteiger partial charge in [0.25, 0.3) is 11.6 Å². The molecule has 2 N–H and O–H groups in total. The number of anilines is 1. The standard InChI is InChI=1S/C19H17BrN5O3/c20-12-3-4-16(18(8-12)25(27)28)23-13-2-1-7-24(11-13)19(26)15-9-21-10-17-14(15)5-6-22-17/h3,5-6,8-10,13,22-23H,1-2,7,11H2/t13-/m1/s1. The van der Waals surface area contributed by atoms with Crippen LogP contribution in [0.3, 0.4) is 0 Å². The Kier molecular flexibility index (Phi) is 4.99. The Labute approximate surface area is 169 Å². The quantitative estimate of drug-likeness (QED) is 0.472. The van der Waals surface area contributed by atoms with Gasteiger partial charge in [-0.05, 0) is 25.0 Å². The summed E-state index contributed by atoms with van der Waals surface area (Å²) in [5, 5.41) is 15.4. The molecule has 3 aromatic rings. The molecule has 0 unspecified atom stereocenters. The van der Waals surface area contributed by atoms with Crippen LogP contribution in [-0.2, 0) is 0 Å². The van der Waals surface area contributed by atoms with E-state index in [4.69, 9.17) is 0 Å². The molecule has 1 amide bonds. The molecule has 3 heterocycles. The molecule has 1 aliphatic rings. The molecule has 0 bridgehead atoms. The number of nitro groups is 1. The minimum absolute atomic E-state index is 0.0425. The van der Waals surface area contributed by atoms with Crippen LogP contribution >= 0.6 is 15.9 Å². The third-order valence-corrected chi connectivity index (χ3v) is 5.30. The molecule has 4 rings (SSSR count). The fourth-order valence-electron chi connectivity index (χ4n) is 3.52. The first kappa shape index (κ1) is 18.4. The van der Waals surface area contributed by atoms with Crippen LogP contribution in [0.4, 0.5) is 11.4 Å². The van der Waals surface area contributed by atoms with Gasteiger partial charge in [-0.3, -0.25) is 19.9 Å². The van der Waals surface area contributed by atoms with E-state index in [1.807, 2.05) is 6.07 Å². The van der Waals surface area contributed by atoms with Crippen LogP contribution in [0.5, 0.6) is 0 Å². The van der Waals surface area contributed by atoms with E-state index in [9.17, 15) is 14.9 Å². The van der Waals surface area contributed by atoms with Crippen LogP contribution < -0.4 is 5.32 Å². The van der Waals surface area contributed by atoms with Crippen LogP contribution in [0.25, 0.3) is 10.9 Å². The molecule has 0 aliphatic carbocycles. The number of amides is 1. The van der Waals surface area contributed by atoms with E-state index in [-0.39, 0.29) is 17.6 Å². The lowest BCUT2D eigenvalue weighted by Crippen LogP contribution is -2.45. The second-order valence-corrected chi connectivity index (χ2v) is 7.61. The van der Waals surface area contributed by atoms with Crippen molar-refractivity contribution in [3.63, 3.8) is 0 Å². The van der Waals surface area contributed by atoms with Gasteiger partial charge in [-0.2, -0.15) is 0 Å². The summed E-state index contributed by atoms with van der Waals surface area (Å²) < 4.78 is 0.595. The Balaban J connectivity index is 1.53. The second-order valence-electron chi connectivity index (χ2n) is 6.70. The van der Waals surface area contributed by atoms with Gasteiger partial charge in [0.05, 0.1) is 22.2 Å². The molecule has 0 saturated carbocycles. The Hall–Kier alpha value is -2.94. The number of aromatic nitrogens is 2. The molecule has 1 fully saturated rings. The largest absolute Gasteiger partial charge is 0.374 e. The fourth-order valence-corrected chi connectivity index (χ4v) is 3.85. The zero-order valence-corrected chi connectivity index (χ0v) is 16.4. The topological polar surface area (TPSA) is 104 Å². The summed E-state index contributed by atoms with van der Waals surface area (Å²) >= 11 is 3.24. The monoisotopic (exact) mass is 442 g/mol. The Morgan fingerprint density at radius 3 is 3.14 bits per heavy atom. The van der Waals surface area contributed by atoms with Crippen molar-refractivity contribution in [1.82, 2.24) is 14.9 Å². The lowest BCUT2D eigenvalue weighted by molar-refractivity contribution is -0.384. The fraction of sp³-hybridized carbons (Fsp3) is 0.263. The summed E-state index contributed by atoms with van der Waals surface area (Å²) in [4.78, 5) is 32.9. The lowest BCUT2D eigenvalue weighted by Gasteiger charge is -2.33. The number of fused-ring (bicyclic) bond motifs is 1. The average Bonchev–Trinajstić information content (AvgIpc) is 3.18. The van der Waals surface area contributed by atoms with E-state index in [1.54, 1.807) is 29.6 Å². The Morgan fingerprint density at radius 1 is 1.46 bits per heavy atom. The van der Waals surface area contributed by atoms with Crippen LogP contribution in [0.2, 0.25) is 0 Å². The van der Waals surface area contributed by atoms with Crippen LogP contribution in [-0.4, -0.2) is 44.8 Å². The first-order valence-electron chi connectivity index (χ1n) is 8.85. The summed E-state index contributed by atoms with van der Waals surface area (Å²) in [7, 11) is 0. The van der Waals surface area contributed by atoms with E-state index in [2.05, 4.69) is 37.3 Å². The molecule has 1 aliphatic heterocycles. The molecule has 1 radical (unpaired) electrons. The van der Waals surface area contributed by atoms with Crippen LogP contribution in [0.15, 0.2) is 41.3 Å². The van der Waals surface area contributed by atoms with Crippen molar-refractivity contribution in [3.8, 4) is 0 Å². The molecule has 28 heavy (non-hydrogen) atoms. The molecule has 1 saturated heterocycles. The number of benzene rings is 1. The van der Waals surface area contributed by atoms with Crippen LogP contribution in [0.1, 0.15) is 23.2 Å². The highest BCUT2D eigenvalue weighted by molar-refractivity contribution is 9.10. The summed E-state index contributed by atoms with van der Waals surface area (Å²) in [6, 6.07) is 7.77. The number of hydrogen-bond acceptors (Lipinski definition) is 5. The molecule has 2 aromatic heterocycles. The van der Waals surface area contributed by atoms with Gasteiger partial charge in [0, 0.05) is 53.5 Å². The molecule has 9 heteroatoms. The maximum Gasteiger partial charge on any atom is 0.294 e.